The average Bonchev–Trinajstić information content (AvgIpc) is 2.71. The van der Waals surface area contributed by atoms with Crippen LogP contribution in [0.15, 0.2) is 48.7 Å². The lowest BCUT2D eigenvalue weighted by Gasteiger charge is -2.31. The quantitative estimate of drug-likeness (QED) is 0.852. The molecule has 1 aliphatic heterocycles. The minimum Gasteiger partial charge on any atom is -0.487 e. The number of aromatic nitrogens is 1. The van der Waals surface area contributed by atoms with E-state index in [4.69, 9.17) is 4.74 Å². The Kier molecular flexibility index (Phi) is 6.41. The molecule has 0 saturated carbocycles. The van der Waals surface area contributed by atoms with E-state index in [0.717, 1.165) is 36.4 Å². The lowest BCUT2D eigenvalue weighted by atomic mass is 9.97. The monoisotopic (exact) mass is 367 g/mol. The molecular weight excluding hydrogens is 342 g/mol. The molecule has 6 heteroatoms. The first-order chi connectivity index (χ1) is 13.1. The number of piperidine rings is 1. The SMILES string of the molecule is CC(=O)N1CCCC(C(=O)NCc2cccc(OCc3ccccn3)c2)C1. The molecule has 142 valence electrons. The molecular formula is C21H25N3O3. The van der Waals surface area contributed by atoms with Crippen molar-refractivity contribution >= 4 is 11.8 Å². The van der Waals surface area contributed by atoms with E-state index in [1.54, 1.807) is 18.0 Å². The van der Waals surface area contributed by atoms with E-state index < -0.39 is 0 Å². The summed E-state index contributed by atoms with van der Waals surface area (Å²) in [6.07, 6.45) is 3.43. The van der Waals surface area contributed by atoms with Gasteiger partial charge in [-0.1, -0.05) is 18.2 Å². The second-order valence-electron chi connectivity index (χ2n) is 6.78. The van der Waals surface area contributed by atoms with Gasteiger partial charge in [0.1, 0.15) is 12.4 Å². The van der Waals surface area contributed by atoms with Gasteiger partial charge in [0.25, 0.3) is 0 Å². The van der Waals surface area contributed by atoms with Crippen molar-refractivity contribution in [2.45, 2.75) is 32.9 Å². The molecule has 2 aromatic rings. The number of nitrogens with one attached hydrogen (secondary N) is 1. The first-order valence-electron chi connectivity index (χ1n) is 9.26. The fourth-order valence-electron chi connectivity index (χ4n) is 3.20. The summed E-state index contributed by atoms with van der Waals surface area (Å²) in [4.78, 5) is 30.0. The summed E-state index contributed by atoms with van der Waals surface area (Å²) < 4.78 is 5.78. The molecule has 1 N–H and O–H groups in total. The average molecular weight is 367 g/mol. The van der Waals surface area contributed by atoms with Gasteiger partial charge in [-0.3, -0.25) is 14.6 Å². The third kappa shape index (κ3) is 5.54. The molecule has 1 aliphatic rings. The second-order valence-corrected chi connectivity index (χ2v) is 6.78. The van der Waals surface area contributed by atoms with Gasteiger partial charge in [-0.15, -0.1) is 0 Å². The largest absolute Gasteiger partial charge is 0.487 e. The Morgan fingerprint density at radius 3 is 2.93 bits per heavy atom. The van der Waals surface area contributed by atoms with Crippen molar-refractivity contribution in [2.75, 3.05) is 13.1 Å². The Balaban J connectivity index is 1.50. The van der Waals surface area contributed by atoms with E-state index in [1.165, 1.54) is 0 Å². The number of hydrogen-bond acceptors (Lipinski definition) is 4. The molecule has 1 aromatic carbocycles. The number of carbonyl (C=O) groups is 2. The van der Waals surface area contributed by atoms with Crippen LogP contribution in [0.3, 0.4) is 0 Å². The van der Waals surface area contributed by atoms with Gasteiger partial charge >= 0.3 is 0 Å². The zero-order chi connectivity index (χ0) is 19.1. The Bertz CT molecular complexity index is 779. The molecule has 1 aromatic heterocycles. The van der Waals surface area contributed by atoms with Crippen LogP contribution in [0.2, 0.25) is 0 Å². The van der Waals surface area contributed by atoms with Gasteiger partial charge < -0.3 is 15.0 Å². The van der Waals surface area contributed by atoms with Crippen LogP contribution in [0.4, 0.5) is 0 Å². The molecule has 1 unspecified atom stereocenters. The summed E-state index contributed by atoms with van der Waals surface area (Å²) in [5.74, 6) is 0.644. The molecule has 6 nitrogen and oxygen atoms in total. The van der Waals surface area contributed by atoms with Crippen molar-refractivity contribution in [2.24, 2.45) is 5.92 Å². The molecule has 2 heterocycles. The molecule has 0 bridgehead atoms. The molecule has 1 fully saturated rings. The number of likely N-dealkylation sites (tertiary alicyclic amines) is 1. The van der Waals surface area contributed by atoms with Crippen LogP contribution >= 0.6 is 0 Å². The van der Waals surface area contributed by atoms with Crippen molar-refractivity contribution in [1.29, 1.82) is 0 Å². The van der Waals surface area contributed by atoms with Gasteiger partial charge in [0.15, 0.2) is 0 Å². The first kappa shape index (κ1) is 18.9. The van der Waals surface area contributed by atoms with Crippen LogP contribution in [0.25, 0.3) is 0 Å². The zero-order valence-corrected chi connectivity index (χ0v) is 15.6. The Morgan fingerprint density at radius 2 is 2.15 bits per heavy atom. The smallest absolute Gasteiger partial charge is 0.225 e. The van der Waals surface area contributed by atoms with Crippen LogP contribution in [0.5, 0.6) is 5.75 Å². The molecule has 1 atom stereocenters. The number of hydrogen-bond donors (Lipinski definition) is 1. The summed E-state index contributed by atoms with van der Waals surface area (Å²) in [6, 6.07) is 13.4. The molecule has 2 amide bonds. The lowest BCUT2D eigenvalue weighted by Crippen LogP contribution is -2.44. The van der Waals surface area contributed by atoms with Crippen LogP contribution in [-0.4, -0.2) is 34.8 Å². The van der Waals surface area contributed by atoms with Crippen molar-refractivity contribution in [3.05, 3.63) is 59.9 Å². The molecule has 1 saturated heterocycles. The van der Waals surface area contributed by atoms with Gasteiger partial charge in [-0.05, 0) is 42.7 Å². The summed E-state index contributed by atoms with van der Waals surface area (Å²) in [7, 11) is 0. The van der Waals surface area contributed by atoms with E-state index in [-0.39, 0.29) is 17.7 Å². The molecule has 27 heavy (non-hydrogen) atoms. The number of benzene rings is 1. The van der Waals surface area contributed by atoms with Crippen molar-refractivity contribution in [3.8, 4) is 5.75 Å². The standard InChI is InChI=1S/C21H25N3O3/c1-16(25)24-11-5-7-18(14-24)21(26)23-13-17-6-4-9-20(12-17)27-15-19-8-2-3-10-22-19/h2-4,6,8-10,12,18H,5,7,11,13-15H2,1H3,(H,23,26). The van der Waals surface area contributed by atoms with E-state index >= 15 is 0 Å². The predicted molar refractivity (Wildman–Crippen MR) is 102 cm³/mol. The number of pyridine rings is 1. The second kappa shape index (κ2) is 9.16. The lowest BCUT2D eigenvalue weighted by molar-refractivity contribution is -0.134. The first-order valence-corrected chi connectivity index (χ1v) is 9.26. The van der Waals surface area contributed by atoms with E-state index in [9.17, 15) is 9.59 Å². The van der Waals surface area contributed by atoms with Gasteiger partial charge in [-0.25, -0.2) is 0 Å². The molecule has 3 rings (SSSR count). The van der Waals surface area contributed by atoms with Crippen LogP contribution in [0, 0.1) is 5.92 Å². The van der Waals surface area contributed by atoms with E-state index in [1.807, 2.05) is 42.5 Å². The number of rotatable bonds is 6. The Morgan fingerprint density at radius 1 is 1.26 bits per heavy atom. The summed E-state index contributed by atoms with van der Waals surface area (Å²) >= 11 is 0. The number of carbonyl (C=O) groups excluding carboxylic acids is 2. The fourth-order valence-corrected chi connectivity index (χ4v) is 3.20. The molecule has 0 spiro atoms. The van der Waals surface area contributed by atoms with E-state index in [2.05, 4.69) is 10.3 Å². The van der Waals surface area contributed by atoms with Crippen LogP contribution in [-0.2, 0) is 22.7 Å². The summed E-state index contributed by atoms with van der Waals surface area (Å²) in [5, 5.41) is 2.98. The predicted octanol–water partition coefficient (Wildman–Crippen LogP) is 2.54. The van der Waals surface area contributed by atoms with Crippen molar-refractivity contribution in [3.63, 3.8) is 0 Å². The molecule has 0 aliphatic carbocycles. The van der Waals surface area contributed by atoms with E-state index in [0.29, 0.717) is 19.7 Å². The van der Waals surface area contributed by atoms with Crippen molar-refractivity contribution < 1.29 is 14.3 Å². The van der Waals surface area contributed by atoms with Crippen LogP contribution < -0.4 is 10.1 Å². The maximum Gasteiger partial charge on any atom is 0.225 e. The van der Waals surface area contributed by atoms with Gasteiger partial charge in [-0.2, -0.15) is 0 Å². The minimum atomic E-state index is -0.133. The normalized spacial score (nSPS) is 16.6. The minimum absolute atomic E-state index is 0.000701. The molecule has 0 radical (unpaired) electrons. The third-order valence-corrected chi connectivity index (χ3v) is 4.72. The highest BCUT2D eigenvalue weighted by Gasteiger charge is 2.26. The number of nitrogens with zero attached hydrogens (tertiary/aromatic N) is 2. The maximum atomic E-state index is 12.4. The summed E-state index contributed by atoms with van der Waals surface area (Å²) in [6.45, 7) is 3.65. The van der Waals surface area contributed by atoms with Gasteiger partial charge in [0, 0.05) is 32.8 Å². The van der Waals surface area contributed by atoms with Crippen LogP contribution in [0.1, 0.15) is 31.0 Å². The Labute approximate surface area is 159 Å². The highest BCUT2D eigenvalue weighted by molar-refractivity contribution is 5.80. The highest BCUT2D eigenvalue weighted by atomic mass is 16.5. The topological polar surface area (TPSA) is 71.5 Å². The number of amides is 2. The fraction of sp³-hybridized carbons (Fsp3) is 0.381. The van der Waals surface area contributed by atoms with Gasteiger partial charge in [0.05, 0.1) is 11.6 Å². The summed E-state index contributed by atoms with van der Waals surface area (Å²) in [5.41, 5.74) is 1.84. The third-order valence-electron chi connectivity index (χ3n) is 4.72. The number of ether oxygens (including phenoxy) is 1. The Hall–Kier alpha value is -2.89. The zero-order valence-electron chi connectivity index (χ0n) is 15.6. The van der Waals surface area contributed by atoms with Crippen molar-refractivity contribution in [1.82, 2.24) is 15.2 Å². The highest BCUT2D eigenvalue weighted by Crippen LogP contribution is 2.18. The maximum absolute atomic E-state index is 12.4. The van der Waals surface area contributed by atoms with Gasteiger partial charge in [0.2, 0.25) is 11.8 Å².